The largest absolute Gasteiger partial charge is 0.352 e. The van der Waals surface area contributed by atoms with Crippen LogP contribution >= 0.6 is 11.3 Å². The Labute approximate surface area is 197 Å². The SMILES string of the molecule is Fc1cc(-c2cccc3cc(-c4nc(NCCn5ccnn5)ncc4F)sc23)c(C2CC2)cn1. The molecule has 4 heterocycles. The van der Waals surface area contributed by atoms with Gasteiger partial charge in [-0.3, -0.25) is 4.68 Å². The summed E-state index contributed by atoms with van der Waals surface area (Å²) in [4.78, 5) is 13.1. The molecule has 5 aromatic rings. The van der Waals surface area contributed by atoms with Crippen LogP contribution < -0.4 is 5.32 Å². The topological polar surface area (TPSA) is 81.4 Å². The van der Waals surface area contributed by atoms with Crippen LogP contribution in [0, 0.1) is 11.8 Å². The molecular weight excluding hydrogens is 456 g/mol. The maximum atomic E-state index is 14.8. The molecular formula is C24H19F2N7S. The summed E-state index contributed by atoms with van der Waals surface area (Å²) >= 11 is 1.44. The normalized spacial score (nSPS) is 13.5. The van der Waals surface area contributed by atoms with Gasteiger partial charge in [-0.1, -0.05) is 23.4 Å². The minimum Gasteiger partial charge on any atom is -0.352 e. The highest BCUT2D eigenvalue weighted by molar-refractivity contribution is 7.22. The lowest BCUT2D eigenvalue weighted by Crippen LogP contribution is -2.13. The number of nitrogens with zero attached hydrogens (tertiary/aromatic N) is 6. The fourth-order valence-corrected chi connectivity index (χ4v) is 5.22. The summed E-state index contributed by atoms with van der Waals surface area (Å²) in [6.45, 7) is 1.09. The Bertz CT molecular complexity index is 1480. The molecule has 0 radical (unpaired) electrons. The third kappa shape index (κ3) is 4.01. The van der Waals surface area contributed by atoms with Gasteiger partial charge in [0.05, 0.1) is 23.8 Å². The number of pyridine rings is 1. The molecule has 0 spiro atoms. The van der Waals surface area contributed by atoms with Crippen molar-refractivity contribution >= 4 is 27.4 Å². The minimum atomic E-state index is -0.503. The smallest absolute Gasteiger partial charge is 0.223 e. The molecule has 1 aliphatic rings. The molecule has 1 aromatic carbocycles. The van der Waals surface area contributed by atoms with Gasteiger partial charge in [0.2, 0.25) is 11.9 Å². The summed E-state index contributed by atoms with van der Waals surface area (Å²) in [5.41, 5.74) is 3.08. The highest BCUT2D eigenvalue weighted by Crippen LogP contribution is 2.47. The second-order valence-electron chi connectivity index (χ2n) is 8.19. The Balaban J connectivity index is 1.35. The van der Waals surface area contributed by atoms with E-state index >= 15 is 0 Å². The van der Waals surface area contributed by atoms with Gasteiger partial charge in [-0.25, -0.2) is 19.3 Å². The average Bonchev–Trinajstić information content (AvgIpc) is 3.37. The first kappa shape index (κ1) is 20.8. The quantitative estimate of drug-likeness (QED) is 0.323. The molecule has 4 aromatic heterocycles. The zero-order valence-corrected chi connectivity index (χ0v) is 18.8. The van der Waals surface area contributed by atoms with Crippen LogP contribution in [0.1, 0.15) is 24.3 Å². The van der Waals surface area contributed by atoms with E-state index in [1.165, 1.54) is 23.6 Å². The average molecular weight is 476 g/mol. The molecule has 170 valence electrons. The van der Waals surface area contributed by atoms with Crippen molar-refractivity contribution in [1.29, 1.82) is 0 Å². The fourth-order valence-electron chi connectivity index (χ4n) is 4.04. The van der Waals surface area contributed by atoms with Crippen molar-refractivity contribution < 1.29 is 8.78 Å². The van der Waals surface area contributed by atoms with E-state index in [1.54, 1.807) is 23.3 Å². The first-order valence-corrected chi connectivity index (χ1v) is 11.8. The number of hydrogen-bond donors (Lipinski definition) is 1. The summed E-state index contributed by atoms with van der Waals surface area (Å²) < 4.78 is 31.5. The lowest BCUT2D eigenvalue weighted by atomic mass is 9.98. The van der Waals surface area contributed by atoms with Gasteiger partial charge >= 0.3 is 0 Å². The Morgan fingerprint density at radius 2 is 2.00 bits per heavy atom. The molecule has 1 fully saturated rings. The standard InChI is InChI=1S/C24H19F2N7S/c25-19-13-29-24(27-6-8-33-9-7-30-32-33)31-22(19)20-10-15-2-1-3-16(23(15)34-20)17-11-21(26)28-12-18(17)14-4-5-14/h1-3,7,9-14H,4-6,8H2,(H,27,29,31). The van der Waals surface area contributed by atoms with Crippen molar-refractivity contribution in [3.63, 3.8) is 0 Å². The van der Waals surface area contributed by atoms with Crippen molar-refractivity contribution in [3.05, 3.63) is 72.4 Å². The summed E-state index contributed by atoms with van der Waals surface area (Å²) in [5.74, 6) is -0.245. The van der Waals surface area contributed by atoms with E-state index in [4.69, 9.17) is 0 Å². The predicted molar refractivity (Wildman–Crippen MR) is 126 cm³/mol. The van der Waals surface area contributed by atoms with E-state index in [1.807, 2.05) is 24.3 Å². The van der Waals surface area contributed by atoms with Crippen LogP contribution in [0.5, 0.6) is 0 Å². The maximum Gasteiger partial charge on any atom is 0.223 e. The number of rotatable bonds is 7. The summed E-state index contributed by atoms with van der Waals surface area (Å²) in [5, 5.41) is 11.7. The Morgan fingerprint density at radius 3 is 2.82 bits per heavy atom. The van der Waals surface area contributed by atoms with Crippen molar-refractivity contribution in [2.75, 3.05) is 11.9 Å². The number of hydrogen-bond acceptors (Lipinski definition) is 7. The van der Waals surface area contributed by atoms with Crippen LogP contribution in [-0.4, -0.2) is 36.5 Å². The van der Waals surface area contributed by atoms with Crippen molar-refractivity contribution in [3.8, 4) is 21.7 Å². The summed E-state index contributed by atoms with van der Waals surface area (Å²) in [6.07, 6.45) is 8.37. The van der Waals surface area contributed by atoms with E-state index in [0.717, 1.165) is 39.6 Å². The van der Waals surface area contributed by atoms with Gasteiger partial charge in [0, 0.05) is 35.3 Å². The zero-order valence-electron chi connectivity index (χ0n) is 17.9. The van der Waals surface area contributed by atoms with E-state index < -0.39 is 11.8 Å². The highest BCUT2D eigenvalue weighted by atomic mass is 32.1. The predicted octanol–water partition coefficient (Wildman–Crippen LogP) is 5.28. The molecule has 1 aliphatic carbocycles. The number of anilines is 1. The number of aromatic nitrogens is 6. The molecule has 0 saturated heterocycles. The number of benzene rings is 1. The van der Waals surface area contributed by atoms with Gasteiger partial charge in [0.15, 0.2) is 5.82 Å². The van der Waals surface area contributed by atoms with Crippen LogP contribution in [0.25, 0.3) is 31.8 Å². The maximum absolute atomic E-state index is 14.8. The molecule has 0 amide bonds. The molecule has 0 atom stereocenters. The second kappa shape index (κ2) is 8.53. The number of fused-ring (bicyclic) bond motifs is 1. The summed E-state index contributed by atoms with van der Waals surface area (Å²) in [6, 6.07) is 9.32. The number of nitrogens with one attached hydrogen (secondary N) is 1. The third-order valence-electron chi connectivity index (χ3n) is 5.83. The van der Waals surface area contributed by atoms with Gasteiger partial charge in [-0.05, 0) is 41.3 Å². The molecule has 10 heteroatoms. The van der Waals surface area contributed by atoms with Crippen LogP contribution in [0.3, 0.4) is 0 Å². The number of thiophene rings is 1. The summed E-state index contributed by atoms with van der Waals surface area (Å²) in [7, 11) is 0. The zero-order chi connectivity index (χ0) is 23.1. The monoisotopic (exact) mass is 475 g/mol. The van der Waals surface area contributed by atoms with Crippen molar-refractivity contribution in [2.45, 2.75) is 25.3 Å². The van der Waals surface area contributed by atoms with E-state index in [-0.39, 0.29) is 5.69 Å². The molecule has 0 aliphatic heterocycles. The lowest BCUT2D eigenvalue weighted by Gasteiger charge is -2.10. The van der Waals surface area contributed by atoms with Crippen LogP contribution in [0.2, 0.25) is 0 Å². The molecule has 7 nitrogen and oxygen atoms in total. The van der Waals surface area contributed by atoms with Crippen LogP contribution in [0.4, 0.5) is 14.7 Å². The van der Waals surface area contributed by atoms with Crippen molar-refractivity contribution in [1.82, 2.24) is 29.9 Å². The third-order valence-corrected chi connectivity index (χ3v) is 7.02. The van der Waals surface area contributed by atoms with Crippen LogP contribution in [0.15, 0.2) is 55.1 Å². The Kier molecular flexibility index (Phi) is 5.21. The fraction of sp³-hybridized carbons (Fsp3) is 0.208. The number of halogens is 2. The Morgan fingerprint density at radius 1 is 1.09 bits per heavy atom. The van der Waals surface area contributed by atoms with Gasteiger partial charge in [0.25, 0.3) is 0 Å². The second-order valence-corrected chi connectivity index (χ2v) is 9.24. The van der Waals surface area contributed by atoms with Gasteiger partial charge in [0.1, 0.15) is 5.69 Å². The van der Waals surface area contributed by atoms with E-state index in [0.29, 0.717) is 29.8 Å². The van der Waals surface area contributed by atoms with Crippen molar-refractivity contribution in [2.24, 2.45) is 0 Å². The van der Waals surface area contributed by atoms with Gasteiger partial charge in [-0.2, -0.15) is 4.39 Å². The van der Waals surface area contributed by atoms with E-state index in [9.17, 15) is 8.78 Å². The molecule has 0 bridgehead atoms. The lowest BCUT2D eigenvalue weighted by molar-refractivity contribution is 0.583. The van der Waals surface area contributed by atoms with Gasteiger partial charge < -0.3 is 5.32 Å². The van der Waals surface area contributed by atoms with E-state index in [2.05, 4.69) is 30.6 Å². The first-order valence-electron chi connectivity index (χ1n) is 10.9. The van der Waals surface area contributed by atoms with Gasteiger partial charge in [-0.15, -0.1) is 16.4 Å². The molecule has 6 rings (SSSR count). The first-order chi connectivity index (χ1) is 16.7. The Hall–Kier alpha value is -3.79. The molecule has 34 heavy (non-hydrogen) atoms. The highest BCUT2D eigenvalue weighted by Gasteiger charge is 2.28. The van der Waals surface area contributed by atoms with Crippen LogP contribution in [-0.2, 0) is 6.54 Å². The molecule has 0 unspecified atom stereocenters. The molecule has 1 N–H and O–H groups in total. The molecule has 1 saturated carbocycles. The minimum absolute atomic E-state index is 0.230.